The number of nitrogens with zero attached hydrogens (tertiary/aromatic N) is 2. The van der Waals surface area contributed by atoms with Gasteiger partial charge in [0, 0.05) is 29.4 Å². The summed E-state index contributed by atoms with van der Waals surface area (Å²) in [6, 6.07) is 16.3. The molecule has 0 aromatic heterocycles. The molecule has 2 aromatic carbocycles. The quantitative estimate of drug-likeness (QED) is 0.383. The molecule has 5 nitrogen and oxygen atoms in total. The van der Waals surface area contributed by atoms with Crippen LogP contribution in [0.2, 0.25) is 0 Å². The summed E-state index contributed by atoms with van der Waals surface area (Å²) < 4.78 is 8.27. The SMILES string of the molecule is Cc1ccc(C)c(OCCCC(C)(C)C(=O)NC2CCN(Sc3cccc(C#N)c3)CC2)c1. The molecular formula is C27H35N3O2S. The molecule has 0 aliphatic carbocycles. The number of carbonyl (C=O) groups is 1. The Balaban J connectivity index is 1.39. The minimum absolute atomic E-state index is 0.127. The predicted molar refractivity (Wildman–Crippen MR) is 134 cm³/mol. The van der Waals surface area contributed by atoms with Gasteiger partial charge in [0.1, 0.15) is 5.75 Å². The second kappa shape index (κ2) is 11.6. The van der Waals surface area contributed by atoms with E-state index in [2.05, 4.69) is 47.7 Å². The molecule has 0 unspecified atom stereocenters. The van der Waals surface area contributed by atoms with Gasteiger partial charge in [0.25, 0.3) is 0 Å². The van der Waals surface area contributed by atoms with Crippen LogP contribution in [0, 0.1) is 30.6 Å². The highest BCUT2D eigenvalue weighted by atomic mass is 32.2. The maximum atomic E-state index is 12.9. The molecule has 0 bridgehead atoms. The third-order valence-electron chi connectivity index (χ3n) is 6.15. The molecule has 1 aliphatic rings. The van der Waals surface area contributed by atoms with Crippen molar-refractivity contribution in [2.45, 2.75) is 64.3 Å². The van der Waals surface area contributed by atoms with E-state index in [1.165, 1.54) is 5.56 Å². The average Bonchev–Trinajstić information content (AvgIpc) is 2.80. The summed E-state index contributed by atoms with van der Waals surface area (Å²) in [6.45, 7) is 10.6. The van der Waals surface area contributed by atoms with Crippen molar-refractivity contribution < 1.29 is 9.53 Å². The Bertz CT molecular complexity index is 991. The highest BCUT2D eigenvalue weighted by molar-refractivity contribution is 7.97. The number of hydrogen-bond acceptors (Lipinski definition) is 5. The molecule has 2 aromatic rings. The van der Waals surface area contributed by atoms with Crippen LogP contribution in [-0.2, 0) is 4.79 Å². The summed E-state index contributed by atoms with van der Waals surface area (Å²) >= 11 is 1.69. The topological polar surface area (TPSA) is 65.4 Å². The molecular weight excluding hydrogens is 430 g/mol. The van der Waals surface area contributed by atoms with Gasteiger partial charge in [0.05, 0.1) is 18.2 Å². The average molecular weight is 466 g/mol. The lowest BCUT2D eigenvalue weighted by molar-refractivity contribution is -0.130. The number of aryl methyl sites for hydroxylation is 2. The van der Waals surface area contributed by atoms with E-state index in [0.717, 1.165) is 55.0 Å². The Morgan fingerprint density at radius 2 is 1.97 bits per heavy atom. The van der Waals surface area contributed by atoms with Crippen LogP contribution in [0.25, 0.3) is 0 Å². The van der Waals surface area contributed by atoms with Gasteiger partial charge in [-0.25, -0.2) is 4.31 Å². The molecule has 1 N–H and O–H groups in total. The Kier molecular flexibility index (Phi) is 8.82. The van der Waals surface area contributed by atoms with Gasteiger partial charge in [-0.05, 0) is 86.9 Å². The van der Waals surface area contributed by atoms with Crippen LogP contribution in [0.4, 0.5) is 0 Å². The van der Waals surface area contributed by atoms with Crippen LogP contribution in [-0.4, -0.2) is 36.0 Å². The molecule has 1 fully saturated rings. The molecule has 176 valence electrons. The zero-order chi connectivity index (χ0) is 23.8. The number of rotatable bonds is 9. The minimum atomic E-state index is -0.422. The first-order valence-electron chi connectivity index (χ1n) is 11.7. The number of hydrogen-bond donors (Lipinski definition) is 1. The zero-order valence-electron chi connectivity index (χ0n) is 20.2. The number of amides is 1. The lowest BCUT2D eigenvalue weighted by Crippen LogP contribution is -2.47. The molecule has 3 rings (SSSR count). The van der Waals surface area contributed by atoms with Crippen LogP contribution < -0.4 is 10.1 Å². The van der Waals surface area contributed by atoms with Crippen LogP contribution >= 0.6 is 11.9 Å². The van der Waals surface area contributed by atoms with Gasteiger partial charge in [-0.15, -0.1) is 0 Å². The van der Waals surface area contributed by atoms with E-state index in [1.807, 2.05) is 38.1 Å². The van der Waals surface area contributed by atoms with E-state index in [-0.39, 0.29) is 11.9 Å². The second-order valence-electron chi connectivity index (χ2n) is 9.51. The number of benzene rings is 2. The van der Waals surface area contributed by atoms with Crippen molar-refractivity contribution in [2.24, 2.45) is 5.41 Å². The van der Waals surface area contributed by atoms with E-state index in [0.29, 0.717) is 12.2 Å². The van der Waals surface area contributed by atoms with Gasteiger partial charge in [-0.3, -0.25) is 4.79 Å². The smallest absolute Gasteiger partial charge is 0.225 e. The monoisotopic (exact) mass is 465 g/mol. The van der Waals surface area contributed by atoms with Gasteiger partial charge in [-0.2, -0.15) is 5.26 Å². The number of nitrogens with one attached hydrogen (secondary N) is 1. The van der Waals surface area contributed by atoms with E-state index in [4.69, 9.17) is 10.00 Å². The molecule has 0 atom stereocenters. The standard InChI is InChI=1S/C27H35N3O2S/c1-20-9-10-21(2)25(17-20)32-16-6-13-27(3,4)26(31)29-23-11-14-30(15-12-23)33-24-8-5-7-22(18-24)19-28/h5,7-10,17-18,23H,6,11-16H2,1-4H3,(H,29,31). The first-order chi connectivity index (χ1) is 15.8. The number of piperidine rings is 1. The van der Waals surface area contributed by atoms with Crippen molar-refractivity contribution in [1.29, 1.82) is 5.26 Å². The summed E-state index contributed by atoms with van der Waals surface area (Å²) in [5.41, 5.74) is 2.59. The summed E-state index contributed by atoms with van der Waals surface area (Å²) in [7, 11) is 0. The van der Waals surface area contributed by atoms with Crippen molar-refractivity contribution >= 4 is 17.9 Å². The lowest BCUT2D eigenvalue weighted by atomic mass is 9.86. The molecule has 1 aliphatic heterocycles. The lowest BCUT2D eigenvalue weighted by Gasteiger charge is -2.33. The van der Waals surface area contributed by atoms with E-state index in [1.54, 1.807) is 11.9 Å². The van der Waals surface area contributed by atoms with Crippen molar-refractivity contribution in [3.05, 3.63) is 59.2 Å². The van der Waals surface area contributed by atoms with Gasteiger partial charge in [0.15, 0.2) is 0 Å². The fourth-order valence-corrected chi connectivity index (χ4v) is 4.93. The van der Waals surface area contributed by atoms with Crippen LogP contribution in [0.3, 0.4) is 0 Å². The number of nitriles is 1. The summed E-state index contributed by atoms with van der Waals surface area (Å²) in [6.07, 6.45) is 3.49. The van der Waals surface area contributed by atoms with Gasteiger partial charge >= 0.3 is 0 Å². The Labute approximate surface area is 202 Å². The van der Waals surface area contributed by atoms with Crippen molar-refractivity contribution in [1.82, 2.24) is 9.62 Å². The molecule has 33 heavy (non-hydrogen) atoms. The number of carbonyl (C=O) groups excluding carboxylic acids is 1. The molecule has 0 spiro atoms. The van der Waals surface area contributed by atoms with E-state index in [9.17, 15) is 4.79 Å². The fourth-order valence-electron chi connectivity index (χ4n) is 3.92. The minimum Gasteiger partial charge on any atom is -0.493 e. The van der Waals surface area contributed by atoms with Gasteiger partial charge in [0.2, 0.25) is 5.91 Å². The normalized spacial score (nSPS) is 15.1. The highest BCUT2D eigenvalue weighted by Gasteiger charge is 2.30. The molecule has 0 radical (unpaired) electrons. The highest BCUT2D eigenvalue weighted by Crippen LogP contribution is 2.28. The fraction of sp³-hybridized carbons (Fsp3) is 0.481. The third-order valence-corrected chi connectivity index (χ3v) is 7.24. The molecule has 1 heterocycles. The zero-order valence-corrected chi connectivity index (χ0v) is 21.0. The summed E-state index contributed by atoms with van der Waals surface area (Å²) in [5.74, 6) is 1.06. The van der Waals surface area contributed by atoms with Crippen LogP contribution in [0.1, 0.15) is 56.2 Å². The molecule has 6 heteroatoms. The number of ether oxygens (including phenoxy) is 1. The van der Waals surface area contributed by atoms with E-state index >= 15 is 0 Å². The van der Waals surface area contributed by atoms with Gasteiger partial charge < -0.3 is 10.1 Å². The third kappa shape index (κ3) is 7.52. The Morgan fingerprint density at radius 3 is 2.70 bits per heavy atom. The van der Waals surface area contributed by atoms with E-state index < -0.39 is 5.41 Å². The second-order valence-corrected chi connectivity index (χ2v) is 10.7. The molecule has 1 saturated heterocycles. The molecule has 1 amide bonds. The van der Waals surface area contributed by atoms with Gasteiger partial charge in [-0.1, -0.05) is 32.0 Å². The molecule has 0 saturated carbocycles. The van der Waals surface area contributed by atoms with Crippen molar-refractivity contribution in [2.75, 3.05) is 19.7 Å². The Hall–Kier alpha value is -2.49. The van der Waals surface area contributed by atoms with Crippen molar-refractivity contribution in [3.8, 4) is 11.8 Å². The van der Waals surface area contributed by atoms with Crippen molar-refractivity contribution in [3.63, 3.8) is 0 Å². The maximum Gasteiger partial charge on any atom is 0.225 e. The largest absolute Gasteiger partial charge is 0.493 e. The van der Waals surface area contributed by atoms with Crippen LogP contribution in [0.15, 0.2) is 47.4 Å². The predicted octanol–water partition coefficient (Wildman–Crippen LogP) is 5.65. The summed E-state index contributed by atoms with van der Waals surface area (Å²) in [4.78, 5) is 14.0. The maximum absolute atomic E-state index is 12.9. The van der Waals surface area contributed by atoms with Crippen LogP contribution in [0.5, 0.6) is 5.75 Å². The summed E-state index contributed by atoms with van der Waals surface area (Å²) in [5, 5.41) is 12.4. The Morgan fingerprint density at radius 1 is 1.21 bits per heavy atom. The first-order valence-corrected chi connectivity index (χ1v) is 12.5. The first kappa shape index (κ1) is 25.1.